The third-order valence-electron chi connectivity index (χ3n) is 13.8. The van der Waals surface area contributed by atoms with Gasteiger partial charge in [-0.1, -0.05) is 47.3 Å². The van der Waals surface area contributed by atoms with Gasteiger partial charge in [0.1, 0.15) is 6.10 Å². The number of carboxylic acids is 1. The summed E-state index contributed by atoms with van der Waals surface area (Å²) in [6.45, 7) is 18.7. The van der Waals surface area contributed by atoms with Crippen molar-refractivity contribution in [2.45, 2.75) is 99.7 Å². The van der Waals surface area contributed by atoms with Gasteiger partial charge in [0.15, 0.2) is 17.7 Å². The molecule has 0 bridgehead atoms. The van der Waals surface area contributed by atoms with Gasteiger partial charge in [0.2, 0.25) is 0 Å². The summed E-state index contributed by atoms with van der Waals surface area (Å²) in [6.07, 6.45) is 14.7. The minimum absolute atomic E-state index is 0.00479. The minimum atomic E-state index is -1.25. The average molecular weight is 623 g/mol. The van der Waals surface area contributed by atoms with Crippen LogP contribution in [0.1, 0.15) is 87.5 Å². The maximum Gasteiger partial charge on any atom is 0.310 e. The topological polar surface area (TPSA) is 124 Å². The van der Waals surface area contributed by atoms with Crippen LogP contribution >= 0.6 is 0 Å². The van der Waals surface area contributed by atoms with Crippen molar-refractivity contribution in [3.8, 4) is 12.8 Å². The number of ether oxygens (including phenoxy) is 2. The lowest BCUT2D eigenvalue weighted by atomic mass is 9.43. The molecule has 0 aromatic heterocycles. The molecule has 13 atom stereocenters. The molecule has 4 fully saturated rings. The number of esters is 2. The van der Waals surface area contributed by atoms with E-state index in [1.54, 1.807) is 0 Å². The van der Waals surface area contributed by atoms with Crippen LogP contribution in [0.2, 0.25) is 0 Å². The van der Waals surface area contributed by atoms with Crippen LogP contribution in [-0.4, -0.2) is 46.8 Å². The fraction of sp³-hybridized carbons (Fsp3) is 0.703. The molecule has 8 nitrogen and oxygen atoms in total. The lowest BCUT2D eigenvalue weighted by Crippen LogP contribution is -2.56. The molecule has 0 amide bonds. The highest BCUT2D eigenvalue weighted by atomic mass is 16.6. The summed E-state index contributed by atoms with van der Waals surface area (Å²) >= 11 is 0. The van der Waals surface area contributed by atoms with E-state index in [0.717, 1.165) is 25.7 Å². The van der Waals surface area contributed by atoms with Crippen LogP contribution < -0.4 is 0 Å². The zero-order valence-electron chi connectivity index (χ0n) is 28.1. The van der Waals surface area contributed by atoms with Crippen LogP contribution in [0.4, 0.5) is 0 Å². The van der Waals surface area contributed by atoms with Gasteiger partial charge in [-0.05, 0) is 79.1 Å². The zero-order chi connectivity index (χ0) is 34.0. The Labute approximate surface area is 267 Å². The van der Waals surface area contributed by atoms with Crippen molar-refractivity contribution in [3.05, 3.63) is 24.3 Å². The van der Waals surface area contributed by atoms with Crippen molar-refractivity contribution in [1.29, 1.82) is 0 Å². The van der Waals surface area contributed by atoms with Gasteiger partial charge in [0.05, 0.1) is 5.92 Å². The van der Waals surface area contributed by atoms with Crippen molar-refractivity contribution in [2.75, 3.05) is 0 Å². The van der Waals surface area contributed by atoms with Gasteiger partial charge in [-0.25, -0.2) is 0 Å². The number of carbonyl (C=O) groups is 5. The van der Waals surface area contributed by atoms with Gasteiger partial charge < -0.3 is 14.6 Å². The number of hydrogen-bond acceptors (Lipinski definition) is 7. The van der Waals surface area contributed by atoms with Crippen LogP contribution in [0.5, 0.6) is 0 Å². The second-order valence-corrected chi connectivity index (χ2v) is 15.0. The van der Waals surface area contributed by atoms with Crippen LogP contribution in [0.25, 0.3) is 0 Å². The normalized spacial score (nSPS) is 42.5. The number of ketones is 2. The van der Waals surface area contributed by atoms with Crippen molar-refractivity contribution in [3.63, 3.8) is 0 Å². The highest BCUT2D eigenvalue weighted by Gasteiger charge is 2.85. The Morgan fingerprint density at radius 3 is 2.20 bits per heavy atom. The van der Waals surface area contributed by atoms with Gasteiger partial charge in [-0.15, -0.1) is 12.8 Å². The predicted octanol–water partition coefficient (Wildman–Crippen LogP) is 5.83. The van der Waals surface area contributed by atoms with E-state index in [2.05, 4.69) is 53.2 Å². The minimum Gasteiger partial charge on any atom is -0.481 e. The first kappa shape index (κ1) is 34.7. The first-order chi connectivity index (χ1) is 20.9. The van der Waals surface area contributed by atoms with E-state index in [1.807, 2.05) is 13.0 Å². The van der Waals surface area contributed by atoms with Crippen LogP contribution in [-0.2, 0) is 33.4 Å². The van der Waals surface area contributed by atoms with E-state index in [1.165, 1.54) is 20.8 Å². The van der Waals surface area contributed by atoms with Crippen LogP contribution in [0.3, 0.4) is 0 Å². The molecule has 0 aromatic rings. The van der Waals surface area contributed by atoms with Gasteiger partial charge in [-0.2, -0.15) is 0 Å². The highest BCUT2D eigenvalue weighted by Crippen LogP contribution is 2.89. The van der Waals surface area contributed by atoms with Crippen molar-refractivity contribution < 1.29 is 38.6 Å². The molecule has 1 N–H and O–H groups in total. The van der Waals surface area contributed by atoms with Crippen molar-refractivity contribution in [1.82, 2.24) is 0 Å². The summed E-state index contributed by atoms with van der Waals surface area (Å²) in [6, 6.07) is 0. The Kier molecular flexibility index (Phi) is 8.89. The summed E-state index contributed by atoms with van der Waals surface area (Å²) in [5.74, 6) is -3.51. The molecule has 5 aliphatic carbocycles. The first-order valence-electron chi connectivity index (χ1n) is 16.3. The smallest absolute Gasteiger partial charge is 0.310 e. The fourth-order valence-corrected chi connectivity index (χ4v) is 11.7. The van der Waals surface area contributed by atoms with Gasteiger partial charge in [-0.3, -0.25) is 24.0 Å². The van der Waals surface area contributed by atoms with E-state index in [0.29, 0.717) is 24.2 Å². The molecule has 0 saturated heterocycles. The monoisotopic (exact) mass is 622 g/mol. The number of carboxylic acid groups (broad SMARTS) is 1. The second-order valence-electron chi connectivity index (χ2n) is 15.0. The molecule has 5 aliphatic rings. The maximum absolute atomic E-state index is 13.8. The Morgan fingerprint density at radius 2 is 1.64 bits per heavy atom. The van der Waals surface area contributed by atoms with E-state index in [4.69, 9.17) is 9.47 Å². The molecule has 0 aliphatic heterocycles. The number of terminal acetylenes is 1. The number of hydrogen-bond donors (Lipinski definition) is 1. The standard InChI is InChI=1S/C35H48O8.C2H2/c1-17(18(2)31(40)41)29(39)30(43-23(7)37)20(4)28-26(42-22(6)36)16-33(9)27-11-10-24-19(3)25(38)12-13-34(24)21(5)35(27,34)15-14-32(28,33)8;1-2/h12-13,18-21,24,26-28,30H,1,10-11,14-16H2,2-9H3,(H,40,41);1-2H/t18?,19-,20-,21+,24?,26-,27-,28?,30+,32+,33-,34?,35-;/m0./s1. The van der Waals surface area contributed by atoms with E-state index >= 15 is 0 Å². The fourth-order valence-electron chi connectivity index (χ4n) is 11.7. The number of carbonyl (C=O) groups excluding carboxylic acids is 4. The summed E-state index contributed by atoms with van der Waals surface area (Å²) in [4.78, 5) is 63.0. The summed E-state index contributed by atoms with van der Waals surface area (Å²) < 4.78 is 11.7. The number of fused-ring (bicyclic) bond motifs is 2. The molecular weight excluding hydrogens is 572 g/mol. The number of aliphatic carboxylic acids is 1. The lowest BCUT2D eigenvalue weighted by molar-refractivity contribution is -0.166. The SMILES string of the molecule is C#C.C=C(C(=O)[C@H](OC(C)=O)[C@@H](C)C1[C@@H](OC(C)=O)C[C@@]2(C)[C@@H]3CCC4[C@H](C)C(=O)C=CC45[C@@H](C)[C@@]35CC[C@]12C)C(C)C(=O)O. The molecule has 4 saturated carbocycles. The maximum atomic E-state index is 13.8. The Hall–Kier alpha value is -3.21. The average Bonchev–Trinajstić information content (AvgIpc) is 3.41. The largest absolute Gasteiger partial charge is 0.481 e. The van der Waals surface area contributed by atoms with E-state index in [-0.39, 0.29) is 44.9 Å². The lowest BCUT2D eigenvalue weighted by Gasteiger charge is -2.61. The quantitative estimate of drug-likeness (QED) is 0.204. The van der Waals surface area contributed by atoms with Gasteiger partial charge in [0, 0.05) is 42.6 Å². The Balaban J connectivity index is 0.00000226. The third-order valence-corrected chi connectivity index (χ3v) is 13.8. The molecule has 5 rings (SSSR count). The predicted molar refractivity (Wildman–Crippen MR) is 168 cm³/mol. The molecule has 2 spiro atoms. The molecule has 0 heterocycles. The number of Topliss-reactive ketones (excluding diaryl/α,β-unsaturated/α-hetero) is 1. The molecule has 45 heavy (non-hydrogen) atoms. The second kappa shape index (κ2) is 11.5. The van der Waals surface area contributed by atoms with E-state index in [9.17, 15) is 29.1 Å². The molecule has 0 aromatic carbocycles. The molecule has 4 unspecified atom stereocenters. The Bertz CT molecular complexity index is 1360. The summed E-state index contributed by atoms with van der Waals surface area (Å²) in [5, 5.41) is 9.56. The highest BCUT2D eigenvalue weighted by molar-refractivity contribution is 6.03. The molecular formula is C37H50O8. The van der Waals surface area contributed by atoms with Crippen molar-refractivity contribution in [2.24, 2.45) is 63.1 Å². The first-order valence-corrected chi connectivity index (χ1v) is 16.3. The third kappa shape index (κ3) is 4.58. The molecule has 0 radical (unpaired) electrons. The zero-order valence-corrected chi connectivity index (χ0v) is 28.1. The van der Waals surface area contributed by atoms with Crippen molar-refractivity contribution >= 4 is 29.5 Å². The summed E-state index contributed by atoms with van der Waals surface area (Å²) in [7, 11) is 0. The van der Waals surface area contributed by atoms with Crippen LogP contribution in [0.15, 0.2) is 24.3 Å². The number of rotatable bonds is 8. The molecule has 8 heteroatoms. The van der Waals surface area contributed by atoms with Crippen LogP contribution in [0, 0.1) is 75.9 Å². The Morgan fingerprint density at radius 1 is 1.02 bits per heavy atom. The molecule has 246 valence electrons. The van der Waals surface area contributed by atoms with Gasteiger partial charge >= 0.3 is 17.9 Å². The van der Waals surface area contributed by atoms with E-state index < -0.39 is 47.7 Å². The summed E-state index contributed by atoms with van der Waals surface area (Å²) in [5.41, 5.74) is -0.680. The van der Waals surface area contributed by atoms with Gasteiger partial charge in [0.25, 0.3) is 0 Å². The number of allylic oxidation sites excluding steroid dienone is 2.